The normalized spacial score (nSPS) is 10.1. The Morgan fingerprint density at radius 2 is 2.19 bits per heavy atom. The highest BCUT2D eigenvalue weighted by Crippen LogP contribution is 2.13. The van der Waals surface area contributed by atoms with Gasteiger partial charge >= 0.3 is 0 Å². The van der Waals surface area contributed by atoms with Crippen molar-refractivity contribution in [3.05, 3.63) is 36.8 Å². The third-order valence-corrected chi connectivity index (χ3v) is 2.03. The van der Waals surface area contributed by atoms with E-state index < -0.39 is 0 Å². The first-order valence-corrected chi connectivity index (χ1v) is 5.07. The van der Waals surface area contributed by atoms with Gasteiger partial charge in [-0.1, -0.05) is 0 Å². The van der Waals surface area contributed by atoms with E-state index in [0.29, 0.717) is 18.9 Å². The number of nitrogens with zero attached hydrogens (tertiary/aromatic N) is 3. The van der Waals surface area contributed by atoms with E-state index in [1.54, 1.807) is 18.6 Å². The van der Waals surface area contributed by atoms with Crippen molar-refractivity contribution in [3.8, 4) is 11.4 Å². The summed E-state index contributed by atoms with van der Waals surface area (Å²) in [6.45, 7) is 1.27. The third-order valence-electron chi connectivity index (χ3n) is 2.03. The maximum absolute atomic E-state index is 5.41. The molecule has 5 nitrogen and oxygen atoms in total. The number of hydrogen-bond donors (Lipinski definition) is 2. The number of aromatic nitrogens is 3. The average molecular weight is 215 g/mol. The van der Waals surface area contributed by atoms with Crippen molar-refractivity contribution in [2.24, 2.45) is 5.73 Å². The molecule has 0 aliphatic carbocycles. The van der Waals surface area contributed by atoms with Crippen molar-refractivity contribution in [3.63, 3.8) is 0 Å². The molecule has 0 spiro atoms. The number of anilines is 1. The fourth-order valence-corrected chi connectivity index (χ4v) is 1.29. The van der Waals surface area contributed by atoms with E-state index in [1.165, 1.54) is 0 Å². The van der Waals surface area contributed by atoms with Crippen LogP contribution in [0.25, 0.3) is 11.4 Å². The minimum atomic E-state index is 0.576. The van der Waals surface area contributed by atoms with Gasteiger partial charge in [-0.15, -0.1) is 0 Å². The summed E-state index contributed by atoms with van der Waals surface area (Å²) in [5, 5.41) is 3.11. The number of hydrogen-bond acceptors (Lipinski definition) is 5. The maximum atomic E-state index is 5.41. The SMILES string of the molecule is NCCNc1ccnc(-c2cccnc2)n1. The van der Waals surface area contributed by atoms with E-state index in [0.717, 1.165) is 11.4 Å². The molecule has 0 bridgehead atoms. The fraction of sp³-hybridized carbons (Fsp3) is 0.182. The zero-order valence-electron chi connectivity index (χ0n) is 8.80. The topological polar surface area (TPSA) is 76.7 Å². The number of nitrogens with two attached hydrogens (primary N) is 1. The van der Waals surface area contributed by atoms with Gasteiger partial charge in [0.2, 0.25) is 0 Å². The molecule has 2 heterocycles. The van der Waals surface area contributed by atoms with Crippen LogP contribution in [0.3, 0.4) is 0 Å². The van der Waals surface area contributed by atoms with Crippen LogP contribution in [0, 0.1) is 0 Å². The lowest BCUT2D eigenvalue weighted by atomic mass is 10.3. The largest absolute Gasteiger partial charge is 0.369 e. The lowest BCUT2D eigenvalue weighted by Crippen LogP contribution is -2.14. The van der Waals surface area contributed by atoms with Crippen molar-refractivity contribution < 1.29 is 0 Å². The Bertz CT molecular complexity index is 443. The van der Waals surface area contributed by atoms with Crippen molar-refractivity contribution in [2.45, 2.75) is 0 Å². The Hall–Kier alpha value is -2.01. The number of nitrogens with one attached hydrogen (secondary N) is 1. The standard InChI is InChI=1S/C11H13N5/c12-4-7-14-10-3-6-15-11(16-10)9-2-1-5-13-8-9/h1-3,5-6,8H,4,7,12H2,(H,14,15,16). The minimum absolute atomic E-state index is 0.576. The summed E-state index contributed by atoms with van der Waals surface area (Å²) in [6.07, 6.45) is 5.18. The van der Waals surface area contributed by atoms with Gasteiger partial charge < -0.3 is 11.1 Å². The van der Waals surface area contributed by atoms with Gasteiger partial charge in [-0.3, -0.25) is 4.98 Å². The lowest BCUT2D eigenvalue weighted by Gasteiger charge is -2.05. The zero-order valence-corrected chi connectivity index (χ0v) is 8.80. The van der Waals surface area contributed by atoms with Gasteiger partial charge in [0.1, 0.15) is 5.82 Å². The quantitative estimate of drug-likeness (QED) is 0.792. The molecule has 2 rings (SSSR count). The predicted molar refractivity (Wildman–Crippen MR) is 62.8 cm³/mol. The van der Waals surface area contributed by atoms with Crippen molar-refractivity contribution >= 4 is 5.82 Å². The molecular weight excluding hydrogens is 202 g/mol. The van der Waals surface area contributed by atoms with Gasteiger partial charge in [-0.05, 0) is 18.2 Å². The Morgan fingerprint density at radius 1 is 1.25 bits per heavy atom. The summed E-state index contributed by atoms with van der Waals surface area (Å²) >= 11 is 0. The second kappa shape index (κ2) is 5.18. The van der Waals surface area contributed by atoms with E-state index >= 15 is 0 Å². The Labute approximate surface area is 93.8 Å². The minimum Gasteiger partial charge on any atom is -0.369 e. The summed E-state index contributed by atoms with van der Waals surface area (Å²) in [6, 6.07) is 5.60. The monoisotopic (exact) mass is 215 g/mol. The highest BCUT2D eigenvalue weighted by atomic mass is 15.0. The van der Waals surface area contributed by atoms with E-state index in [4.69, 9.17) is 5.73 Å². The second-order valence-electron chi connectivity index (χ2n) is 3.22. The molecule has 0 fully saturated rings. The van der Waals surface area contributed by atoms with Crippen LogP contribution in [0.4, 0.5) is 5.82 Å². The van der Waals surface area contributed by atoms with Crippen LogP contribution in [-0.4, -0.2) is 28.0 Å². The van der Waals surface area contributed by atoms with E-state index in [9.17, 15) is 0 Å². The Balaban J connectivity index is 2.22. The van der Waals surface area contributed by atoms with E-state index in [1.807, 2.05) is 18.2 Å². The first-order valence-electron chi connectivity index (χ1n) is 5.07. The summed E-state index contributed by atoms with van der Waals surface area (Å²) in [7, 11) is 0. The highest BCUT2D eigenvalue weighted by Gasteiger charge is 2.01. The molecule has 0 saturated heterocycles. The fourth-order valence-electron chi connectivity index (χ4n) is 1.29. The lowest BCUT2D eigenvalue weighted by molar-refractivity contribution is 1.01. The smallest absolute Gasteiger partial charge is 0.163 e. The van der Waals surface area contributed by atoms with Gasteiger partial charge in [0.05, 0.1) is 0 Å². The van der Waals surface area contributed by atoms with E-state index in [-0.39, 0.29) is 0 Å². The Morgan fingerprint density at radius 3 is 2.94 bits per heavy atom. The molecule has 0 saturated carbocycles. The summed E-state index contributed by atoms with van der Waals surface area (Å²) < 4.78 is 0. The molecule has 0 atom stereocenters. The molecule has 0 aromatic carbocycles. The maximum Gasteiger partial charge on any atom is 0.163 e. The molecule has 2 aromatic rings. The first-order chi connectivity index (χ1) is 7.90. The van der Waals surface area contributed by atoms with Gasteiger partial charge in [-0.2, -0.15) is 0 Å². The van der Waals surface area contributed by atoms with Crippen LogP contribution in [0.15, 0.2) is 36.8 Å². The van der Waals surface area contributed by atoms with Gasteiger partial charge in [0, 0.05) is 37.2 Å². The van der Waals surface area contributed by atoms with Crippen LogP contribution in [0.2, 0.25) is 0 Å². The van der Waals surface area contributed by atoms with Crippen molar-refractivity contribution in [1.82, 2.24) is 15.0 Å². The van der Waals surface area contributed by atoms with Crippen LogP contribution in [-0.2, 0) is 0 Å². The van der Waals surface area contributed by atoms with Crippen molar-refractivity contribution in [2.75, 3.05) is 18.4 Å². The summed E-state index contributed by atoms with van der Waals surface area (Å²) in [4.78, 5) is 12.6. The number of pyridine rings is 1. The van der Waals surface area contributed by atoms with Gasteiger partial charge in [0.15, 0.2) is 5.82 Å². The van der Waals surface area contributed by atoms with Gasteiger partial charge in [-0.25, -0.2) is 9.97 Å². The van der Waals surface area contributed by atoms with Crippen LogP contribution in [0.5, 0.6) is 0 Å². The molecule has 0 aliphatic heterocycles. The molecule has 5 heteroatoms. The molecular formula is C11H13N5. The van der Waals surface area contributed by atoms with Crippen LogP contribution >= 0.6 is 0 Å². The van der Waals surface area contributed by atoms with Gasteiger partial charge in [0.25, 0.3) is 0 Å². The second-order valence-corrected chi connectivity index (χ2v) is 3.22. The molecule has 0 unspecified atom stereocenters. The summed E-state index contributed by atoms with van der Waals surface area (Å²) in [5.41, 5.74) is 6.31. The average Bonchev–Trinajstić information content (AvgIpc) is 2.38. The molecule has 0 radical (unpaired) electrons. The van der Waals surface area contributed by atoms with Crippen molar-refractivity contribution in [1.29, 1.82) is 0 Å². The van der Waals surface area contributed by atoms with E-state index in [2.05, 4.69) is 20.3 Å². The molecule has 2 aromatic heterocycles. The molecule has 0 amide bonds. The summed E-state index contributed by atoms with van der Waals surface area (Å²) in [5.74, 6) is 1.44. The number of rotatable bonds is 4. The van der Waals surface area contributed by atoms with Crippen LogP contribution in [0.1, 0.15) is 0 Å². The third kappa shape index (κ3) is 2.52. The Kier molecular flexibility index (Phi) is 3.40. The highest BCUT2D eigenvalue weighted by molar-refractivity contribution is 5.55. The molecule has 0 aliphatic rings. The predicted octanol–water partition coefficient (Wildman–Crippen LogP) is 0.909. The molecule has 3 N–H and O–H groups in total. The first kappa shape index (κ1) is 10.5. The van der Waals surface area contributed by atoms with Crippen LogP contribution < -0.4 is 11.1 Å². The molecule has 16 heavy (non-hydrogen) atoms. The molecule has 82 valence electrons. The zero-order chi connectivity index (χ0) is 11.2.